The van der Waals surface area contributed by atoms with Crippen molar-refractivity contribution in [2.45, 2.75) is 24.4 Å². The van der Waals surface area contributed by atoms with E-state index in [4.69, 9.17) is 19.5 Å². The molecule has 1 aromatic heterocycles. The van der Waals surface area contributed by atoms with E-state index in [2.05, 4.69) is 20.4 Å². The number of ether oxygens (including phenoxy) is 4. The van der Waals surface area contributed by atoms with Crippen LogP contribution in [0.1, 0.15) is 22.1 Å². The van der Waals surface area contributed by atoms with E-state index >= 15 is 0 Å². The minimum Gasteiger partial charge on any atom is -0.464 e. The molecule has 4 rings (SSSR count). The van der Waals surface area contributed by atoms with Crippen molar-refractivity contribution < 1.29 is 28.5 Å². The number of carbonyl (C=O) groups is 2. The Morgan fingerprint density at radius 3 is 2.93 bits per heavy atom. The Hall–Kier alpha value is -3.49. The summed E-state index contributed by atoms with van der Waals surface area (Å²) >= 11 is 0. The number of nitrogens with one attached hydrogen (secondary N) is 1. The van der Waals surface area contributed by atoms with E-state index in [1.807, 2.05) is 6.07 Å². The van der Waals surface area contributed by atoms with Crippen molar-refractivity contribution in [1.29, 1.82) is 5.26 Å². The van der Waals surface area contributed by atoms with Gasteiger partial charge in [0.2, 0.25) is 0 Å². The Morgan fingerprint density at radius 2 is 2.14 bits per heavy atom. The minimum atomic E-state index is -0.671. The SMILES string of the molecule is COC(=O)c1cn([C@@H]2CO[C@@H]3[C@@H]2OC[C@H]3OC(=O)Nc2cccc(C#N)c2)nn1. The van der Waals surface area contributed by atoms with Crippen molar-refractivity contribution in [2.24, 2.45) is 0 Å². The molecule has 0 bridgehead atoms. The van der Waals surface area contributed by atoms with Gasteiger partial charge in [0.15, 0.2) is 11.8 Å². The predicted molar refractivity (Wildman–Crippen MR) is 94.9 cm³/mol. The maximum Gasteiger partial charge on any atom is 0.412 e. The number of fused-ring (bicyclic) bond motifs is 1. The second-order valence-corrected chi connectivity index (χ2v) is 6.50. The number of carbonyl (C=O) groups excluding carboxylic acids is 2. The maximum absolute atomic E-state index is 12.2. The van der Waals surface area contributed by atoms with Crippen LogP contribution in [0.5, 0.6) is 0 Å². The second-order valence-electron chi connectivity index (χ2n) is 6.50. The molecule has 2 aliphatic rings. The summed E-state index contributed by atoms with van der Waals surface area (Å²) in [4.78, 5) is 23.8. The van der Waals surface area contributed by atoms with Gasteiger partial charge in [-0.15, -0.1) is 5.10 Å². The molecule has 1 amide bonds. The van der Waals surface area contributed by atoms with Crippen molar-refractivity contribution >= 4 is 17.7 Å². The Labute approximate surface area is 165 Å². The molecule has 2 aromatic rings. The van der Waals surface area contributed by atoms with Crippen LogP contribution in [0.25, 0.3) is 0 Å². The summed E-state index contributed by atoms with van der Waals surface area (Å²) in [5.74, 6) is -0.586. The molecule has 2 aliphatic heterocycles. The fraction of sp³-hybridized carbons (Fsp3) is 0.389. The zero-order chi connectivity index (χ0) is 20.4. The average molecular weight is 399 g/mol. The molecule has 29 heavy (non-hydrogen) atoms. The molecule has 150 valence electrons. The second kappa shape index (κ2) is 7.86. The molecular weight excluding hydrogens is 382 g/mol. The average Bonchev–Trinajstić information content (AvgIpc) is 3.45. The van der Waals surface area contributed by atoms with Gasteiger partial charge in [-0.05, 0) is 18.2 Å². The zero-order valence-corrected chi connectivity index (χ0v) is 15.3. The van der Waals surface area contributed by atoms with Crippen molar-refractivity contribution in [3.8, 4) is 6.07 Å². The number of amides is 1. The number of rotatable bonds is 4. The van der Waals surface area contributed by atoms with Gasteiger partial charge in [-0.25, -0.2) is 14.3 Å². The molecule has 2 fully saturated rings. The summed E-state index contributed by atoms with van der Waals surface area (Å²) in [6.07, 6.45) is -0.680. The summed E-state index contributed by atoms with van der Waals surface area (Å²) < 4.78 is 23.1. The van der Waals surface area contributed by atoms with Crippen LogP contribution in [-0.2, 0) is 18.9 Å². The van der Waals surface area contributed by atoms with Crippen LogP contribution in [0, 0.1) is 11.3 Å². The molecule has 2 saturated heterocycles. The topological polar surface area (TPSA) is 138 Å². The van der Waals surface area contributed by atoms with E-state index in [0.29, 0.717) is 11.3 Å². The lowest BCUT2D eigenvalue weighted by molar-refractivity contribution is 0.00770. The van der Waals surface area contributed by atoms with Crippen LogP contribution in [0.2, 0.25) is 0 Å². The molecule has 0 saturated carbocycles. The quantitative estimate of drug-likeness (QED) is 0.743. The summed E-state index contributed by atoms with van der Waals surface area (Å²) in [7, 11) is 1.26. The molecule has 0 spiro atoms. The van der Waals surface area contributed by atoms with Gasteiger partial charge in [-0.2, -0.15) is 5.26 Å². The van der Waals surface area contributed by atoms with Crippen LogP contribution >= 0.6 is 0 Å². The Bertz CT molecular complexity index is 970. The first-order valence-corrected chi connectivity index (χ1v) is 8.80. The molecule has 0 unspecified atom stereocenters. The lowest BCUT2D eigenvalue weighted by Gasteiger charge is -2.17. The third-order valence-electron chi connectivity index (χ3n) is 4.72. The highest BCUT2D eigenvalue weighted by atomic mass is 16.6. The van der Waals surface area contributed by atoms with E-state index < -0.39 is 30.4 Å². The van der Waals surface area contributed by atoms with Gasteiger partial charge in [0.1, 0.15) is 18.2 Å². The van der Waals surface area contributed by atoms with Gasteiger partial charge < -0.3 is 18.9 Å². The number of benzene rings is 1. The highest BCUT2D eigenvalue weighted by Crippen LogP contribution is 2.35. The first-order chi connectivity index (χ1) is 14.1. The van der Waals surface area contributed by atoms with Crippen LogP contribution in [0.15, 0.2) is 30.5 Å². The van der Waals surface area contributed by atoms with Crippen LogP contribution in [-0.4, -0.2) is 65.7 Å². The molecule has 11 heteroatoms. The van der Waals surface area contributed by atoms with Gasteiger partial charge in [0.05, 0.1) is 38.2 Å². The molecule has 1 aromatic carbocycles. The van der Waals surface area contributed by atoms with E-state index in [1.165, 1.54) is 18.0 Å². The minimum absolute atomic E-state index is 0.0840. The third-order valence-corrected chi connectivity index (χ3v) is 4.72. The maximum atomic E-state index is 12.2. The third kappa shape index (κ3) is 3.75. The normalized spacial score (nSPS) is 25.1. The molecule has 4 atom stereocenters. The number of nitrogens with zero attached hydrogens (tertiary/aromatic N) is 4. The largest absolute Gasteiger partial charge is 0.464 e. The van der Waals surface area contributed by atoms with E-state index in [1.54, 1.807) is 24.3 Å². The van der Waals surface area contributed by atoms with Crippen LogP contribution < -0.4 is 5.32 Å². The van der Waals surface area contributed by atoms with Gasteiger partial charge in [-0.1, -0.05) is 11.3 Å². The first-order valence-electron chi connectivity index (χ1n) is 8.80. The highest BCUT2D eigenvalue weighted by Gasteiger charge is 2.50. The number of hydrogen-bond acceptors (Lipinski definition) is 9. The highest BCUT2D eigenvalue weighted by molar-refractivity contribution is 5.86. The van der Waals surface area contributed by atoms with Crippen molar-refractivity contribution in [2.75, 3.05) is 25.6 Å². The fourth-order valence-electron chi connectivity index (χ4n) is 3.36. The van der Waals surface area contributed by atoms with Crippen molar-refractivity contribution in [1.82, 2.24) is 15.0 Å². The molecule has 0 aliphatic carbocycles. The first kappa shape index (κ1) is 18.9. The standard InChI is InChI=1S/C18H17N5O6/c1-26-17(24)12-7-23(22-21-12)13-8-27-16-14(9-28-15(13)16)29-18(25)20-11-4-2-3-10(5-11)6-19/h2-5,7,13-16H,8-9H2,1H3,(H,20,25)/t13-,14-,15-,16+/m1/s1. The Kier molecular flexibility index (Phi) is 5.11. The summed E-state index contributed by atoms with van der Waals surface area (Å²) in [5.41, 5.74) is 0.960. The number of hydrogen-bond donors (Lipinski definition) is 1. The number of esters is 1. The molecule has 11 nitrogen and oxygen atoms in total. The monoisotopic (exact) mass is 399 g/mol. The fourth-order valence-corrected chi connectivity index (χ4v) is 3.36. The van der Waals surface area contributed by atoms with Gasteiger partial charge in [-0.3, -0.25) is 5.32 Å². The Balaban J connectivity index is 1.37. The van der Waals surface area contributed by atoms with Gasteiger partial charge in [0.25, 0.3) is 0 Å². The zero-order valence-electron chi connectivity index (χ0n) is 15.3. The lowest BCUT2D eigenvalue weighted by atomic mass is 10.1. The lowest BCUT2D eigenvalue weighted by Crippen LogP contribution is -2.34. The van der Waals surface area contributed by atoms with Gasteiger partial charge >= 0.3 is 12.1 Å². The van der Waals surface area contributed by atoms with Gasteiger partial charge in [0, 0.05) is 5.69 Å². The molecule has 0 radical (unpaired) electrons. The van der Waals surface area contributed by atoms with E-state index in [0.717, 1.165) is 0 Å². The predicted octanol–water partition coefficient (Wildman–Crippen LogP) is 0.892. The molecule has 1 N–H and O–H groups in total. The number of aromatic nitrogens is 3. The van der Waals surface area contributed by atoms with E-state index in [9.17, 15) is 9.59 Å². The van der Waals surface area contributed by atoms with Crippen molar-refractivity contribution in [3.63, 3.8) is 0 Å². The summed E-state index contributed by atoms with van der Waals surface area (Å²) in [6.45, 7) is 0.432. The van der Waals surface area contributed by atoms with Crippen LogP contribution in [0.3, 0.4) is 0 Å². The summed E-state index contributed by atoms with van der Waals surface area (Å²) in [5, 5.41) is 19.2. The van der Waals surface area contributed by atoms with Crippen molar-refractivity contribution in [3.05, 3.63) is 41.7 Å². The van der Waals surface area contributed by atoms with Crippen LogP contribution in [0.4, 0.5) is 10.5 Å². The number of nitriles is 1. The molecule has 3 heterocycles. The molecular formula is C18H17N5O6. The number of methoxy groups -OCH3 is 1. The number of anilines is 1. The van der Waals surface area contributed by atoms with E-state index in [-0.39, 0.29) is 24.9 Å². The smallest absolute Gasteiger partial charge is 0.412 e. The summed E-state index contributed by atoms with van der Waals surface area (Å²) in [6, 6.07) is 8.18. The Morgan fingerprint density at radius 1 is 1.31 bits per heavy atom.